The highest BCUT2D eigenvalue weighted by atomic mass is 35.5. The van der Waals surface area contributed by atoms with Gasteiger partial charge in [-0.25, -0.2) is 4.98 Å². The molecule has 0 N–H and O–H groups in total. The molecule has 1 aliphatic rings. The van der Waals surface area contributed by atoms with Gasteiger partial charge < -0.3 is 9.30 Å². The number of halogens is 1. The van der Waals surface area contributed by atoms with Crippen molar-refractivity contribution in [3.8, 4) is 5.88 Å². The van der Waals surface area contributed by atoms with Crippen molar-refractivity contribution in [3.05, 3.63) is 18.0 Å². The lowest BCUT2D eigenvalue weighted by Gasteiger charge is -2.15. The largest absolute Gasteiger partial charge is 0.481 e. The fourth-order valence-electron chi connectivity index (χ4n) is 2.96. The number of pyridine rings is 1. The molecule has 0 aromatic carbocycles. The zero-order chi connectivity index (χ0) is 14.1. The first-order valence-electron chi connectivity index (χ1n) is 6.77. The number of hydrogen-bond acceptors (Lipinski definition) is 4. The van der Waals surface area contributed by atoms with Gasteiger partial charge in [0.05, 0.1) is 13.0 Å². The highest BCUT2D eigenvalue weighted by Crippen LogP contribution is 2.38. The summed E-state index contributed by atoms with van der Waals surface area (Å²) < 4.78 is 7.46. The molecule has 1 saturated carbocycles. The first kappa shape index (κ1) is 14.0. The molecule has 3 rings (SSSR count). The van der Waals surface area contributed by atoms with Crippen molar-refractivity contribution in [2.45, 2.75) is 36.4 Å². The van der Waals surface area contributed by atoms with Crippen LogP contribution in [0.2, 0.25) is 0 Å². The molecule has 0 saturated heterocycles. The summed E-state index contributed by atoms with van der Waals surface area (Å²) in [4.78, 5) is 9.18. The van der Waals surface area contributed by atoms with E-state index in [0.717, 1.165) is 28.7 Å². The third-order valence-electron chi connectivity index (χ3n) is 3.97. The van der Waals surface area contributed by atoms with Crippen LogP contribution in [0.4, 0.5) is 0 Å². The van der Waals surface area contributed by atoms with Crippen LogP contribution < -0.4 is 4.74 Å². The fraction of sp³-hybridized carbons (Fsp3) is 0.571. The molecule has 2 atom stereocenters. The molecule has 0 aliphatic heterocycles. The molecular formula is C14H18ClN3OS. The summed E-state index contributed by atoms with van der Waals surface area (Å²) in [7, 11) is 1.64. The van der Waals surface area contributed by atoms with E-state index in [2.05, 4.69) is 20.8 Å². The Kier molecular flexibility index (Phi) is 4.08. The first-order valence-corrected chi connectivity index (χ1v) is 8.59. The van der Waals surface area contributed by atoms with Crippen molar-refractivity contribution < 1.29 is 4.74 Å². The van der Waals surface area contributed by atoms with Gasteiger partial charge in [0, 0.05) is 17.4 Å². The Labute approximate surface area is 127 Å². The number of methoxy groups -OCH3 is 1. The number of nitrogens with zero attached hydrogens (tertiary/aromatic N) is 3. The van der Waals surface area contributed by atoms with Gasteiger partial charge in [0.2, 0.25) is 5.88 Å². The summed E-state index contributed by atoms with van der Waals surface area (Å²) in [6, 6.07) is 4.25. The molecule has 0 amide bonds. The Morgan fingerprint density at radius 3 is 2.90 bits per heavy atom. The van der Waals surface area contributed by atoms with E-state index in [1.165, 1.54) is 12.8 Å². The maximum atomic E-state index is 6.08. The van der Waals surface area contributed by atoms with Crippen LogP contribution >= 0.6 is 23.4 Å². The van der Waals surface area contributed by atoms with Gasteiger partial charge in [-0.3, -0.25) is 0 Å². The van der Waals surface area contributed by atoms with Crippen molar-refractivity contribution in [2.24, 2.45) is 0 Å². The third kappa shape index (κ3) is 2.37. The number of fused-ring (bicyclic) bond motifs is 1. The number of thioether (sulfide) groups is 1. The lowest BCUT2D eigenvalue weighted by Crippen LogP contribution is -2.10. The average Bonchev–Trinajstić information content (AvgIpc) is 3.09. The van der Waals surface area contributed by atoms with Gasteiger partial charge in [-0.05, 0) is 31.6 Å². The molecule has 1 fully saturated rings. The zero-order valence-electron chi connectivity index (χ0n) is 11.7. The minimum Gasteiger partial charge on any atom is -0.481 e. The number of alkyl halides is 1. The molecule has 108 valence electrons. The first-order chi connectivity index (χ1) is 9.76. The van der Waals surface area contributed by atoms with Crippen molar-refractivity contribution >= 4 is 34.5 Å². The highest BCUT2D eigenvalue weighted by molar-refractivity contribution is 7.99. The minimum atomic E-state index is 0.416. The predicted molar refractivity (Wildman–Crippen MR) is 83.8 cm³/mol. The second kappa shape index (κ2) is 5.82. The second-order valence-corrected chi connectivity index (χ2v) is 6.46. The van der Waals surface area contributed by atoms with Gasteiger partial charge in [-0.2, -0.15) is 16.7 Å². The van der Waals surface area contributed by atoms with Crippen LogP contribution in [0.3, 0.4) is 0 Å². The van der Waals surface area contributed by atoms with E-state index in [0.29, 0.717) is 17.8 Å². The topological polar surface area (TPSA) is 39.9 Å². The Morgan fingerprint density at radius 1 is 1.40 bits per heavy atom. The zero-order valence-corrected chi connectivity index (χ0v) is 13.2. The Bertz CT molecular complexity index is 616. The Morgan fingerprint density at radius 2 is 2.25 bits per heavy atom. The van der Waals surface area contributed by atoms with Crippen molar-refractivity contribution in [3.63, 3.8) is 0 Å². The van der Waals surface area contributed by atoms with Crippen LogP contribution in [-0.2, 0) is 5.88 Å². The fourth-order valence-corrected chi connectivity index (χ4v) is 3.94. The van der Waals surface area contributed by atoms with Crippen LogP contribution in [0.15, 0.2) is 12.1 Å². The number of aromatic nitrogens is 3. The van der Waals surface area contributed by atoms with Crippen molar-refractivity contribution in [1.29, 1.82) is 0 Å². The summed E-state index contributed by atoms with van der Waals surface area (Å²) in [6.07, 6.45) is 5.76. The lowest BCUT2D eigenvalue weighted by molar-refractivity contribution is 0.398. The molecule has 1 aliphatic carbocycles. The van der Waals surface area contributed by atoms with E-state index >= 15 is 0 Å². The molecule has 0 radical (unpaired) electrons. The van der Waals surface area contributed by atoms with E-state index in [9.17, 15) is 0 Å². The summed E-state index contributed by atoms with van der Waals surface area (Å²) in [6.45, 7) is 0. The molecule has 0 bridgehead atoms. The maximum Gasteiger partial charge on any atom is 0.215 e. The van der Waals surface area contributed by atoms with Crippen LogP contribution in [0.25, 0.3) is 11.2 Å². The monoisotopic (exact) mass is 311 g/mol. The third-order valence-corrected chi connectivity index (χ3v) is 5.30. The van der Waals surface area contributed by atoms with Gasteiger partial charge in [0.15, 0.2) is 5.65 Å². The molecule has 2 heterocycles. The van der Waals surface area contributed by atoms with Gasteiger partial charge in [0.25, 0.3) is 0 Å². The number of hydrogen-bond donors (Lipinski definition) is 0. The van der Waals surface area contributed by atoms with E-state index in [4.69, 9.17) is 16.3 Å². The highest BCUT2D eigenvalue weighted by Gasteiger charge is 2.28. The van der Waals surface area contributed by atoms with E-state index in [1.807, 2.05) is 23.9 Å². The van der Waals surface area contributed by atoms with Crippen LogP contribution in [0, 0.1) is 0 Å². The van der Waals surface area contributed by atoms with E-state index < -0.39 is 0 Å². The molecule has 20 heavy (non-hydrogen) atoms. The summed E-state index contributed by atoms with van der Waals surface area (Å²) in [5, 5.41) is 0.728. The molecular weight excluding hydrogens is 294 g/mol. The maximum absolute atomic E-state index is 6.08. The molecule has 2 aromatic heterocycles. The van der Waals surface area contributed by atoms with Gasteiger partial charge in [0.1, 0.15) is 11.3 Å². The normalized spacial score (nSPS) is 22.6. The Balaban J connectivity index is 2.07. The molecule has 4 nitrogen and oxygen atoms in total. The number of rotatable bonds is 4. The summed E-state index contributed by atoms with van der Waals surface area (Å²) in [5.41, 5.74) is 1.79. The SMILES string of the molecule is COc1ccc2nc(CCl)n(C3CCC(SC)C3)c2n1. The average molecular weight is 312 g/mol. The quantitative estimate of drug-likeness (QED) is 0.808. The van der Waals surface area contributed by atoms with E-state index in [1.54, 1.807) is 7.11 Å². The molecule has 2 unspecified atom stereocenters. The van der Waals surface area contributed by atoms with Crippen LogP contribution in [-0.4, -0.2) is 33.2 Å². The Hall–Kier alpha value is -0.940. The lowest BCUT2D eigenvalue weighted by atomic mass is 10.2. The minimum absolute atomic E-state index is 0.416. The van der Waals surface area contributed by atoms with Gasteiger partial charge in [-0.15, -0.1) is 11.6 Å². The second-order valence-electron chi connectivity index (χ2n) is 5.05. The van der Waals surface area contributed by atoms with Crippen LogP contribution in [0.5, 0.6) is 5.88 Å². The summed E-state index contributed by atoms with van der Waals surface area (Å²) in [5.74, 6) is 1.95. The smallest absolute Gasteiger partial charge is 0.215 e. The standard InChI is InChI=1S/C14H18ClN3OS/c1-19-13-6-5-11-14(17-13)18(12(8-15)16-11)9-3-4-10(7-9)20-2/h5-6,9-10H,3-4,7-8H2,1-2H3. The van der Waals surface area contributed by atoms with Gasteiger partial charge >= 0.3 is 0 Å². The molecule has 2 aromatic rings. The van der Waals surface area contributed by atoms with Crippen LogP contribution in [0.1, 0.15) is 31.1 Å². The van der Waals surface area contributed by atoms with E-state index in [-0.39, 0.29) is 0 Å². The van der Waals surface area contributed by atoms with Crippen molar-refractivity contribution in [1.82, 2.24) is 14.5 Å². The number of imidazole rings is 1. The van der Waals surface area contributed by atoms with Crippen molar-refractivity contribution in [2.75, 3.05) is 13.4 Å². The molecule has 0 spiro atoms. The number of ether oxygens (including phenoxy) is 1. The predicted octanol–water partition coefficient (Wildman–Crippen LogP) is 3.64. The molecule has 6 heteroatoms. The summed E-state index contributed by atoms with van der Waals surface area (Å²) >= 11 is 8.03. The van der Waals surface area contributed by atoms with Gasteiger partial charge in [-0.1, -0.05) is 0 Å².